The van der Waals surface area contributed by atoms with E-state index < -0.39 is 0 Å². The number of nitrogens with two attached hydrogens (primary N) is 1. The molecule has 2 aromatic rings. The van der Waals surface area contributed by atoms with E-state index in [9.17, 15) is 0 Å². The number of ether oxygens (including phenoxy) is 2. The molecule has 0 aliphatic carbocycles. The Kier molecular flexibility index (Phi) is 3.72. The summed E-state index contributed by atoms with van der Waals surface area (Å²) >= 11 is 0. The highest BCUT2D eigenvalue weighted by Gasteiger charge is 2.15. The van der Waals surface area contributed by atoms with Gasteiger partial charge in [-0.25, -0.2) is 0 Å². The molecule has 2 N–H and O–H groups in total. The van der Waals surface area contributed by atoms with Crippen LogP contribution in [0.3, 0.4) is 0 Å². The molecule has 0 amide bonds. The largest absolute Gasteiger partial charge is 0.494 e. The quantitative estimate of drug-likeness (QED) is 0.927. The van der Waals surface area contributed by atoms with Gasteiger partial charge in [-0.15, -0.1) is 0 Å². The molecule has 1 unspecified atom stereocenters. The van der Waals surface area contributed by atoms with Crippen LogP contribution in [0, 0.1) is 0 Å². The molecule has 3 heteroatoms. The Morgan fingerprint density at radius 1 is 1.10 bits per heavy atom. The fourth-order valence-corrected chi connectivity index (χ4v) is 2.54. The summed E-state index contributed by atoms with van der Waals surface area (Å²) < 4.78 is 11.0. The van der Waals surface area contributed by atoms with Crippen molar-refractivity contribution in [1.82, 2.24) is 0 Å². The Morgan fingerprint density at radius 2 is 1.90 bits per heavy atom. The van der Waals surface area contributed by atoms with E-state index in [-0.39, 0.29) is 6.04 Å². The van der Waals surface area contributed by atoms with Crippen molar-refractivity contribution in [3.05, 3.63) is 64.7 Å². The Bertz CT molecular complexity index is 610. The minimum absolute atomic E-state index is 0.138. The maximum Gasteiger partial charge on any atom is 0.119 e. The van der Waals surface area contributed by atoms with Crippen LogP contribution in [0.2, 0.25) is 0 Å². The Morgan fingerprint density at radius 3 is 2.75 bits per heavy atom. The molecular weight excluding hydrogens is 250 g/mol. The van der Waals surface area contributed by atoms with E-state index in [0.29, 0.717) is 19.8 Å². The second kappa shape index (κ2) is 5.65. The first kappa shape index (κ1) is 13.2. The van der Waals surface area contributed by atoms with E-state index in [4.69, 9.17) is 15.2 Å². The van der Waals surface area contributed by atoms with Crippen molar-refractivity contribution in [2.24, 2.45) is 5.73 Å². The smallest absolute Gasteiger partial charge is 0.119 e. The molecule has 0 spiro atoms. The summed E-state index contributed by atoms with van der Waals surface area (Å²) in [6.07, 6.45) is 0. The molecule has 2 aromatic carbocycles. The molecule has 0 saturated heterocycles. The van der Waals surface area contributed by atoms with Gasteiger partial charge in [-0.1, -0.05) is 30.3 Å². The standard InChI is InChI=1S/C17H19NO2/c1-2-20-16-5-3-4-12(9-16)17(18)13-6-7-14-10-19-11-15(14)8-13/h3-9,17H,2,10-11,18H2,1H3. The van der Waals surface area contributed by atoms with Crippen LogP contribution in [0.4, 0.5) is 0 Å². The van der Waals surface area contributed by atoms with Gasteiger partial charge in [-0.2, -0.15) is 0 Å². The summed E-state index contributed by atoms with van der Waals surface area (Å²) in [5.41, 5.74) is 11.1. The van der Waals surface area contributed by atoms with Crippen molar-refractivity contribution in [3.63, 3.8) is 0 Å². The zero-order valence-electron chi connectivity index (χ0n) is 11.6. The summed E-state index contributed by atoms with van der Waals surface area (Å²) in [4.78, 5) is 0. The van der Waals surface area contributed by atoms with Gasteiger partial charge in [-0.05, 0) is 41.3 Å². The third kappa shape index (κ3) is 2.55. The van der Waals surface area contributed by atoms with Crippen molar-refractivity contribution >= 4 is 0 Å². The van der Waals surface area contributed by atoms with Crippen LogP contribution in [0.25, 0.3) is 0 Å². The number of fused-ring (bicyclic) bond motifs is 1. The fraction of sp³-hybridized carbons (Fsp3) is 0.294. The Hall–Kier alpha value is -1.84. The van der Waals surface area contributed by atoms with Crippen molar-refractivity contribution < 1.29 is 9.47 Å². The lowest BCUT2D eigenvalue weighted by Gasteiger charge is -2.15. The third-order valence-corrected chi connectivity index (χ3v) is 3.63. The molecule has 3 rings (SSSR count). The number of hydrogen-bond donors (Lipinski definition) is 1. The van der Waals surface area contributed by atoms with Gasteiger partial charge in [0.1, 0.15) is 5.75 Å². The van der Waals surface area contributed by atoms with Gasteiger partial charge < -0.3 is 15.2 Å². The van der Waals surface area contributed by atoms with Crippen molar-refractivity contribution in [2.45, 2.75) is 26.2 Å². The number of benzene rings is 2. The molecule has 0 aromatic heterocycles. The maximum atomic E-state index is 6.38. The van der Waals surface area contributed by atoms with Crippen molar-refractivity contribution in [2.75, 3.05) is 6.61 Å². The molecule has 0 radical (unpaired) electrons. The zero-order valence-corrected chi connectivity index (χ0v) is 11.6. The highest BCUT2D eigenvalue weighted by molar-refractivity contribution is 5.40. The second-order valence-corrected chi connectivity index (χ2v) is 5.00. The molecule has 0 fully saturated rings. The van der Waals surface area contributed by atoms with Crippen LogP contribution in [-0.2, 0) is 18.0 Å². The summed E-state index contributed by atoms with van der Waals surface area (Å²) in [5.74, 6) is 0.866. The van der Waals surface area contributed by atoms with Crippen LogP contribution < -0.4 is 10.5 Å². The van der Waals surface area contributed by atoms with Crippen LogP contribution in [0.15, 0.2) is 42.5 Å². The Balaban J connectivity index is 1.88. The lowest BCUT2D eigenvalue weighted by molar-refractivity contribution is 0.134. The third-order valence-electron chi connectivity index (χ3n) is 3.63. The minimum Gasteiger partial charge on any atom is -0.494 e. The highest BCUT2D eigenvalue weighted by Crippen LogP contribution is 2.27. The van der Waals surface area contributed by atoms with E-state index in [1.54, 1.807) is 0 Å². The molecule has 104 valence electrons. The summed E-state index contributed by atoms with van der Waals surface area (Å²) in [7, 11) is 0. The van der Waals surface area contributed by atoms with E-state index in [0.717, 1.165) is 16.9 Å². The molecule has 1 atom stereocenters. The molecule has 0 bridgehead atoms. The van der Waals surface area contributed by atoms with Crippen molar-refractivity contribution in [1.29, 1.82) is 0 Å². The Labute approximate surface area is 119 Å². The van der Waals surface area contributed by atoms with Gasteiger partial charge in [0.15, 0.2) is 0 Å². The topological polar surface area (TPSA) is 44.5 Å². The van der Waals surface area contributed by atoms with Crippen molar-refractivity contribution in [3.8, 4) is 5.75 Å². The number of hydrogen-bond acceptors (Lipinski definition) is 3. The van der Waals surface area contributed by atoms with Crippen LogP contribution in [-0.4, -0.2) is 6.61 Å². The fourth-order valence-electron chi connectivity index (χ4n) is 2.54. The predicted molar refractivity (Wildman–Crippen MR) is 78.6 cm³/mol. The summed E-state index contributed by atoms with van der Waals surface area (Å²) in [6.45, 7) is 4.04. The lowest BCUT2D eigenvalue weighted by atomic mass is 9.96. The van der Waals surface area contributed by atoms with Crippen LogP contribution in [0.5, 0.6) is 5.75 Å². The average molecular weight is 269 g/mol. The monoisotopic (exact) mass is 269 g/mol. The van der Waals surface area contributed by atoms with Gasteiger partial charge in [-0.3, -0.25) is 0 Å². The molecular formula is C17H19NO2. The maximum absolute atomic E-state index is 6.38. The van der Waals surface area contributed by atoms with Gasteiger partial charge in [0, 0.05) is 0 Å². The second-order valence-electron chi connectivity index (χ2n) is 5.00. The molecule has 1 aliphatic rings. The molecule has 20 heavy (non-hydrogen) atoms. The van der Waals surface area contributed by atoms with E-state index in [2.05, 4.69) is 18.2 Å². The number of rotatable bonds is 4. The summed E-state index contributed by atoms with van der Waals surface area (Å²) in [5, 5.41) is 0. The SMILES string of the molecule is CCOc1cccc(C(N)c2ccc3c(c2)COC3)c1. The first-order valence-corrected chi connectivity index (χ1v) is 6.95. The van der Waals surface area contributed by atoms with Gasteiger partial charge >= 0.3 is 0 Å². The van der Waals surface area contributed by atoms with Crippen LogP contribution in [0.1, 0.15) is 35.2 Å². The molecule has 0 saturated carbocycles. The summed E-state index contributed by atoms with van der Waals surface area (Å²) in [6, 6.07) is 14.2. The first-order valence-electron chi connectivity index (χ1n) is 6.95. The van der Waals surface area contributed by atoms with E-state index in [1.165, 1.54) is 11.1 Å². The normalized spacial score (nSPS) is 14.9. The zero-order chi connectivity index (χ0) is 13.9. The first-order chi connectivity index (χ1) is 9.78. The predicted octanol–water partition coefficient (Wildman–Crippen LogP) is 3.16. The average Bonchev–Trinajstić information content (AvgIpc) is 2.94. The van der Waals surface area contributed by atoms with E-state index in [1.807, 2.05) is 31.2 Å². The van der Waals surface area contributed by atoms with E-state index >= 15 is 0 Å². The molecule has 1 aliphatic heterocycles. The molecule has 1 heterocycles. The van der Waals surface area contributed by atoms with Gasteiger partial charge in [0.25, 0.3) is 0 Å². The minimum atomic E-state index is -0.138. The van der Waals surface area contributed by atoms with Crippen LogP contribution >= 0.6 is 0 Å². The van der Waals surface area contributed by atoms with Gasteiger partial charge in [0.05, 0.1) is 25.9 Å². The molecule has 3 nitrogen and oxygen atoms in total. The lowest BCUT2D eigenvalue weighted by Crippen LogP contribution is -2.12. The highest BCUT2D eigenvalue weighted by atomic mass is 16.5. The van der Waals surface area contributed by atoms with Gasteiger partial charge in [0.2, 0.25) is 0 Å².